The normalized spacial score (nSPS) is 12.6. The Balaban J connectivity index is 0.000000232. The van der Waals surface area contributed by atoms with Crippen LogP contribution in [0.3, 0.4) is 0 Å². The van der Waals surface area contributed by atoms with E-state index in [2.05, 4.69) is 30.7 Å². The Hall–Kier alpha value is -3.06. The minimum absolute atomic E-state index is 0.0675. The summed E-state index contributed by atoms with van der Waals surface area (Å²) in [4.78, 5) is 8.60. The molecule has 1 unspecified atom stereocenters. The molecule has 4 aromatic rings. The van der Waals surface area contributed by atoms with Gasteiger partial charge in [0.15, 0.2) is 5.75 Å². The Labute approximate surface area is 255 Å². The number of rotatable bonds is 12. The summed E-state index contributed by atoms with van der Waals surface area (Å²) in [6.07, 6.45) is 3.15. The second-order valence-electron chi connectivity index (χ2n) is 10.0. The Bertz CT molecular complexity index is 1260. The lowest BCUT2D eigenvalue weighted by Crippen LogP contribution is -2.15. The zero-order chi connectivity index (χ0) is 30.4. The van der Waals surface area contributed by atoms with Crippen molar-refractivity contribution in [3.8, 4) is 23.0 Å². The van der Waals surface area contributed by atoms with Crippen LogP contribution in [0.1, 0.15) is 47.4 Å². The zero-order valence-corrected chi connectivity index (χ0v) is 27.4. The third kappa shape index (κ3) is 12.0. The van der Waals surface area contributed by atoms with Gasteiger partial charge in [0.1, 0.15) is 23.1 Å². The predicted molar refractivity (Wildman–Crippen MR) is 172 cm³/mol. The van der Waals surface area contributed by atoms with Crippen LogP contribution in [-0.2, 0) is 26.3 Å². The summed E-state index contributed by atoms with van der Waals surface area (Å²) in [5.74, 6) is 3.34. The highest BCUT2D eigenvalue weighted by Gasteiger charge is 2.25. The third-order valence-corrected chi connectivity index (χ3v) is 8.48. The first-order valence-electron chi connectivity index (χ1n) is 13.5. The van der Waals surface area contributed by atoms with Gasteiger partial charge >= 0.3 is 15.3 Å². The van der Waals surface area contributed by atoms with E-state index in [-0.39, 0.29) is 11.5 Å². The van der Waals surface area contributed by atoms with Crippen LogP contribution >= 0.6 is 15.3 Å². The molecule has 8 nitrogen and oxygen atoms in total. The maximum atomic E-state index is 5.84. The highest BCUT2D eigenvalue weighted by Crippen LogP contribution is 2.50. The average Bonchev–Trinajstić information content (AvgIpc) is 2.94. The van der Waals surface area contributed by atoms with Crippen LogP contribution in [0.15, 0.2) is 103 Å². The Morgan fingerprint density at radius 1 is 0.714 bits per heavy atom. The first-order chi connectivity index (χ1) is 20.1. The van der Waals surface area contributed by atoms with Gasteiger partial charge in [-0.25, -0.2) is 9.97 Å². The van der Waals surface area contributed by atoms with Gasteiger partial charge in [0.2, 0.25) is 0 Å². The molecule has 0 fully saturated rings. The zero-order valence-electron chi connectivity index (χ0n) is 24.7. The molecule has 0 aliphatic carbocycles. The van der Waals surface area contributed by atoms with Crippen LogP contribution in [0.4, 0.5) is 0 Å². The topological polar surface area (TPSA) is 81.2 Å². The Morgan fingerprint density at radius 3 is 1.45 bits per heavy atom. The molecule has 4 rings (SSSR count). The summed E-state index contributed by atoms with van der Waals surface area (Å²) >= 11 is 5.35. The van der Waals surface area contributed by atoms with E-state index < -0.39 is 15.3 Å². The van der Waals surface area contributed by atoms with Crippen molar-refractivity contribution in [2.75, 3.05) is 6.61 Å². The molecule has 11 heteroatoms. The number of aromatic nitrogens is 2. The van der Waals surface area contributed by atoms with E-state index in [0.29, 0.717) is 29.6 Å². The van der Waals surface area contributed by atoms with Gasteiger partial charge in [-0.2, -0.15) is 0 Å². The van der Waals surface area contributed by atoms with E-state index in [0.717, 1.165) is 5.82 Å². The quantitative estimate of drug-likeness (QED) is 0.143. The van der Waals surface area contributed by atoms with Crippen LogP contribution in [0.2, 0.25) is 0 Å². The van der Waals surface area contributed by atoms with Crippen molar-refractivity contribution in [2.45, 2.75) is 53.1 Å². The molecular weight excluding hydrogens is 590 g/mol. The average molecular weight is 629 g/mol. The molecule has 1 heterocycles. The molecule has 0 spiro atoms. The van der Waals surface area contributed by atoms with E-state index in [1.165, 1.54) is 0 Å². The van der Waals surface area contributed by atoms with E-state index in [1.807, 2.05) is 112 Å². The lowest BCUT2D eigenvalue weighted by Gasteiger charge is -2.23. The first-order valence-corrected chi connectivity index (χ1v) is 17.2. The molecule has 0 aliphatic heterocycles. The van der Waals surface area contributed by atoms with Crippen LogP contribution in [0, 0.1) is 0 Å². The van der Waals surface area contributed by atoms with Gasteiger partial charge in [-0.1, -0.05) is 75.4 Å². The molecule has 3 aromatic carbocycles. The van der Waals surface area contributed by atoms with Crippen molar-refractivity contribution in [1.29, 1.82) is 0 Å². The highest BCUT2D eigenvalue weighted by molar-refractivity contribution is 8.07. The second kappa shape index (κ2) is 16.5. The van der Waals surface area contributed by atoms with Gasteiger partial charge in [0.05, 0.1) is 25.1 Å². The Kier molecular flexibility index (Phi) is 13.2. The van der Waals surface area contributed by atoms with E-state index in [1.54, 1.807) is 12.4 Å². The summed E-state index contributed by atoms with van der Waals surface area (Å²) in [6, 6.07) is 28.5. The van der Waals surface area contributed by atoms with Crippen molar-refractivity contribution < 1.29 is 27.1 Å². The molecule has 0 N–H and O–H groups in total. The number of hydrogen-bond donors (Lipinski definition) is 0. The van der Waals surface area contributed by atoms with Crippen LogP contribution < -0.4 is 18.1 Å². The molecule has 42 heavy (non-hydrogen) atoms. The number of para-hydroxylation sites is 3. The molecule has 0 aliphatic rings. The summed E-state index contributed by atoms with van der Waals surface area (Å²) < 4.78 is 34.3. The largest absolute Gasteiger partial charge is 0.530 e. The molecule has 0 amide bonds. The fourth-order valence-electron chi connectivity index (χ4n) is 3.13. The first kappa shape index (κ1) is 33.4. The fraction of sp³-hybridized carbons (Fsp3) is 0.290. The van der Waals surface area contributed by atoms with Crippen molar-refractivity contribution in [3.05, 3.63) is 109 Å². The lowest BCUT2D eigenvalue weighted by atomic mass is 9.96. The second-order valence-corrected chi connectivity index (χ2v) is 13.9. The monoisotopic (exact) mass is 628 g/mol. The van der Waals surface area contributed by atoms with E-state index >= 15 is 0 Å². The summed E-state index contributed by atoms with van der Waals surface area (Å²) in [6.45, 7) is 9.43. The van der Waals surface area contributed by atoms with Gasteiger partial charge in [0.25, 0.3) is 0 Å². The maximum absolute atomic E-state index is 5.84. The van der Waals surface area contributed by atoms with Gasteiger partial charge in [-0.3, -0.25) is 9.05 Å². The molecule has 224 valence electrons. The standard InChI is InChI=1S/C18H15O3P.C13H23N2O3PS/c1-4-10-16(11-5-1)19-22(20-17-12-6-2-7-13-17)21-18-14-8-3-9-15-18;1-7-16-19(20,17-10(2)3)18-11-8-14-12(15-9-11)13(4,5)6/h1-15H;8-10H,7H2,1-6H3. The van der Waals surface area contributed by atoms with E-state index in [4.69, 9.17) is 38.9 Å². The highest BCUT2D eigenvalue weighted by atomic mass is 32.5. The third-order valence-electron chi connectivity index (χ3n) is 4.91. The Morgan fingerprint density at radius 2 is 1.12 bits per heavy atom. The van der Waals surface area contributed by atoms with Crippen LogP contribution in [0.5, 0.6) is 23.0 Å². The fourth-order valence-corrected chi connectivity index (χ4v) is 6.56. The van der Waals surface area contributed by atoms with Crippen molar-refractivity contribution in [2.24, 2.45) is 0 Å². The van der Waals surface area contributed by atoms with Gasteiger partial charge in [-0.05, 0) is 57.2 Å². The number of hydrogen-bond acceptors (Lipinski definition) is 9. The minimum atomic E-state index is -2.80. The molecule has 1 aromatic heterocycles. The van der Waals surface area contributed by atoms with Crippen molar-refractivity contribution >= 4 is 27.1 Å². The SMILES string of the molecule is CCOP(=S)(Oc1cnc(C(C)(C)C)nc1)OC(C)C.c1ccc(OP(Oc2ccccc2)Oc2ccccc2)cc1. The van der Waals surface area contributed by atoms with Gasteiger partial charge in [-0.15, -0.1) is 0 Å². The predicted octanol–water partition coefficient (Wildman–Crippen LogP) is 9.29. The molecular formula is C31H38N2O6P2S. The van der Waals surface area contributed by atoms with Crippen LogP contribution in [-0.4, -0.2) is 22.7 Å². The lowest BCUT2D eigenvalue weighted by molar-refractivity contribution is 0.171. The van der Waals surface area contributed by atoms with Crippen molar-refractivity contribution in [1.82, 2.24) is 9.97 Å². The maximum Gasteiger partial charge on any atom is 0.530 e. The summed E-state index contributed by atoms with van der Waals surface area (Å²) in [5, 5.41) is 0. The molecule has 0 bridgehead atoms. The van der Waals surface area contributed by atoms with Crippen LogP contribution in [0.25, 0.3) is 0 Å². The minimum Gasteiger partial charge on any atom is -0.421 e. The molecule has 0 saturated carbocycles. The summed E-state index contributed by atoms with van der Waals surface area (Å²) in [5.41, 5.74) is -0.104. The van der Waals surface area contributed by atoms with E-state index in [9.17, 15) is 0 Å². The number of benzene rings is 3. The summed E-state index contributed by atoms with van der Waals surface area (Å²) in [7, 11) is -1.59. The smallest absolute Gasteiger partial charge is 0.421 e. The van der Waals surface area contributed by atoms with Crippen molar-refractivity contribution in [3.63, 3.8) is 0 Å². The number of nitrogens with zero attached hydrogens (tertiary/aromatic N) is 2. The molecule has 0 radical (unpaired) electrons. The molecule has 0 saturated heterocycles. The van der Waals surface area contributed by atoms with Gasteiger partial charge in [0, 0.05) is 17.2 Å². The molecule has 1 atom stereocenters. The van der Waals surface area contributed by atoms with Gasteiger partial charge < -0.3 is 18.1 Å².